The van der Waals surface area contributed by atoms with Crippen molar-refractivity contribution in [1.29, 1.82) is 0 Å². The van der Waals surface area contributed by atoms with Gasteiger partial charge in [-0.1, -0.05) is 12.1 Å². The first-order valence-corrected chi connectivity index (χ1v) is 8.38. The standard InChI is InChI=1S/C18H27F3N4O2/c1-17(2,27-5)12-24-16(23-11-15(26)25(3)4)22-10-13-7-6-8-14(9-13)18(19,20)21/h6-9H,10-12H2,1-5H3,(H2,22,23,24). The molecule has 0 aliphatic heterocycles. The van der Waals surface area contributed by atoms with Gasteiger partial charge in [0.25, 0.3) is 0 Å². The van der Waals surface area contributed by atoms with Crippen LogP contribution in [0, 0.1) is 0 Å². The van der Waals surface area contributed by atoms with Gasteiger partial charge in [0.2, 0.25) is 5.91 Å². The summed E-state index contributed by atoms with van der Waals surface area (Å²) in [6, 6.07) is 4.99. The number of ether oxygens (including phenoxy) is 1. The van der Waals surface area contributed by atoms with Crippen molar-refractivity contribution < 1.29 is 22.7 Å². The second kappa shape index (κ2) is 9.59. The number of alkyl halides is 3. The zero-order valence-corrected chi connectivity index (χ0v) is 16.3. The fourth-order valence-corrected chi connectivity index (χ4v) is 1.88. The number of aliphatic imine (C=N–C) groups is 1. The fourth-order valence-electron chi connectivity index (χ4n) is 1.88. The predicted octanol–water partition coefficient (Wildman–Crippen LogP) is 2.25. The molecule has 2 N–H and O–H groups in total. The minimum atomic E-state index is -4.40. The Morgan fingerprint density at radius 3 is 2.44 bits per heavy atom. The fraction of sp³-hybridized carbons (Fsp3) is 0.556. The number of halogens is 3. The van der Waals surface area contributed by atoms with Crippen LogP contribution in [-0.2, 0) is 22.3 Å². The van der Waals surface area contributed by atoms with Crippen LogP contribution in [0.5, 0.6) is 0 Å². The highest BCUT2D eigenvalue weighted by molar-refractivity contribution is 5.86. The number of carbonyl (C=O) groups is 1. The molecule has 0 heterocycles. The van der Waals surface area contributed by atoms with Gasteiger partial charge in [-0.25, -0.2) is 4.99 Å². The van der Waals surface area contributed by atoms with Gasteiger partial charge in [-0.15, -0.1) is 0 Å². The third-order valence-electron chi connectivity index (χ3n) is 3.81. The molecular formula is C18H27F3N4O2. The van der Waals surface area contributed by atoms with E-state index in [1.54, 1.807) is 27.3 Å². The van der Waals surface area contributed by atoms with Gasteiger partial charge in [0, 0.05) is 27.7 Å². The predicted molar refractivity (Wildman–Crippen MR) is 98.4 cm³/mol. The molecule has 0 spiro atoms. The van der Waals surface area contributed by atoms with Crippen molar-refractivity contribution in [3.63, 3.8) is 0 Å². The summed E-state index contributed by atoms with van der Waals surface area (Å²) in [7, 11) is 4.83. The van der Waals surface area contributed by atoms with Gasteiger partial charge in [0.05, 0.1) is 24.3 Å². The average Bonchev–Trinajstić information content (AvgIpc) is 2.60. The summed E-state index contributed by atoms with van der Waals surface area (Å²) in [6.45, 7) is 4.18. The lowest BCUT2D eigenvalue weighted by molar-refractivity contribution is -0.137. The highest BCUT2D eigenvalue weighted by Crippen LogP contribution is 2.29. The number of guanidine groups is 1. The number of rotatable bonds is 7. The van der Waals surface area contributed by atoms with Crippen LogP contribution in [0.4, 0.5) is 13.2 Å². The largest absolute Gasteiger partial charge is 0.416 e. The van der Waals surface area contributed by atoms with Crippen molar-refractivity contribution in [3.05, 3.63) is 35.4 Å². The Balaban J connectivity index is 2.88. The van der Waals surface area contributed by atoms with Gasteiger partial charge in [-0.2, -0.15) is 13.2 Å². The van der Waals surface area contributed by atoms with Crippen molar-refractivity contribution in [2.75, 3.05) is 34.3 Å². The zero-order chi connectivity index (χ0) is 20.7. The van der Waals surface area contributed by atoms with E-state index in [4.69, 9.17) is 4.74 Å². The normalized spacial score (nSPS) is 12.7. The van der Waals surface area contributed by atoms with Gasteiger partial charge in [0.15, 0.2) is 5.96 Å². The third kappa shape index (κ3) is 8.29. The van der Waals surface area contributed by atoms with E-state index in [0.717, 1.165) is 12.1 Å². The van der Waals surface area contributed by atoms with Crippen LogP contribution >= 0.6 is 0 Å². The third-order valence-corrected chi connectivity index (χ3v) is 3.81. The van der Waals surface area contributed by atoms with Gasteiger partial charge in [-0.05, 0) is 31.5 Å². The first-order chi connectivity index (χ1) is 12.4. The summed E-state index contributed by atoms with van der Waals surface area (Å²) >= 11 is 0. The van der Waals surface area contributed by atoms with Gasteiger partial charge < -0.3 is 20.3 Å². The Hall–Kier alpha value is -2.29. The molecule has 0 saturated carbocycles. The molecule has 152 valence electrons. The lowest BCUT2D eigenvalue weighted by Crippen LogP contribution is -2.47. The molecule has 0 atom stereocenters. The van der Waals surface area contributed by atoms with E-state index in [-0.39, 0.29) is 19.0 Å². The molecule has 0 unspecified atom stereocenters. The van der Waals surface area contributed by atoms with Gasteiger partial charge >= 0.3 is 6.18 Å². The SMILES string of the molecule is COC(C)(C)CNC(=NCc1cccc(C(F)(F)F)c1)NCC(=O)N(C)C. The first-order valence-electron chi connectivity index (χ1n) is 8.38. The van der Waals surface area contributed by atoms with Gasteiger partial charge in [-0.3, -0.25) is 4.79 Å². The molecular weight excluding hydrogens is 361 g/mol. The molecule has 1 aromatic carbocycles. The molecule has 0 radical (unpaired) electrons. The molecule has 0 aromatic heterocycles. The minimum Gasteiger partial charge on any atom is -0.377 e. The van der Waals surface area contributed by atoms with E-state index in [9.17, 15) is 18.0 Å². The molecule has 27 heavy (non-hydrogen) atoms. The topological polar surface area (TPSA) is 66.0 Å². The summed E-state index contributed by atoms with van der Waals surface area (Å²) in [5, 5.41) is 5.92. The molecule has 0 aliphatic rings. The Kier molecular flexibility index (Phi) is 8.08. The Morgan fingerprint density at radius 1 is 1.22 bits per heavy atom. The van der Waals surface area contributed by atoms with Crippen molar-refractivity contribution >= 4 is 11.9 Å². The minimum absolute atomic E-state index is 0.00876. The molecule has 0 saturated heterocycles. The zero-order valence-electron chi connectivity index (χ0n) is 16.3. The number of methoxy groups -OCH3 is 1. The molecule has 6 nitrogen and oxygen atoms in total. The molecule has 0 aliphatic carbocycles. The second-order valence-corrected chi connectivity index (χ2v) is 6.82. The lowest BCUT2D eigenvalue weighted by Gasteiger charge is -2.24. The molecule has 1 aromatic rings. The smallest absolute Gasteiger partial charge is 0.377 e. The molecule has 0 bridgehead atoms. The van der Waals surface area contributed by atoms with Crippen molar-refractivity contribution in [2.45, 2.75) is 32.2 Å². The monoisotopic (exact) mass is 388 g/mol. The van der Waals surface area contributed by atoms with Crippen LogP contribution in [0.1, 0.15) is 25.0 Å². The maximum Gasteiger partial charge on any atom is 0.416 e. The number of amides is 1. The van der Waals surface area contributed by atoms with Crippen LogP contribution < -0.4 is 10.6 Å². The van der Waals surface area contributed by atoms with Crippen LogP contribution in [0.2, 0.25) is 0 Å². The Labute approximate surface area is 157 Å². The van der Waals surface area contributed by atoms with Crippen molar-refractivity contribution in [2.24, 2.45) is 4.99 Å². The summed E-state index contributed by atoms with van der Waals surface area (Å²) < 4.78 is 43.8. The van der Waals surface area contributed by atoms with Crippen molar-refractivity contribution in [3.8, 4) is 0 Å². The number of benzene rings is 1. The van der Waals surface area contributed by atoms with Crippen LogP contribution in [0.3, 0.4) is 0 Å². The highest BCUT2D eigenvalue weighted by atomic mass is 19.4. The summed E-state index contributed by atoms with van der Waals surface area (Å²) in [5.41, 5.74) is -0.790. The number of nitrogens with zero attached hydrogens (tertiary/aromatic N) is 2. The Bertz CT molecular complexity index is 658. The molecule has 1 rings (SSSR count). The van der Waals surface area contributed by atoms with E-state index >= 15 is 0 Å². The molecule has 1 amide bonds. The number of carbonyl (C=O) groups excluding carboxylic acids is 1. The van der Waals surface area contributed by atoms with Crippen LogP contribution in [0.15, 0.2) is 29.3 Å². The second-order valence-electron chi connectivity index (χ2n) is 6.82. The van der Waals surface area contributed by atoms with Crippen LogP contribution in [0.25, 0.3) is 0 Å². The molecule has 0 fully saturated rings. The van der Waals surface area contributed by atoms with Crippen molar-refractivity contribution in [1.82, 2.24) is 15.5 Å². The highest BCUT2D eigenvalue weighted by Gasteiger charge is 2.30. The number of likely N-dealkylation sites (N-methyl/N-ethyl adjacent to an activating group) is 1. The van der Waals surface area contributed by atoms with Gasteiger partial charge in [0.1, 0.15) is 0 Å². The lowest BCUT2D eigenvalue weighted by atomic mass is 10.1. The van der Waals surface area contributed by atoms with E-state index < -0.39 is 17.3 Å². The number of nitrogens with one attached hydrogen (secondary N) is 2. The van der Waals surface area contributed by atoms with Crippen LogP contribution in [-0.4, -0.2) is 56.7 Å². The summed E-state index contributed by atoms with van der Waals surface area (Å²) in [4.78, 5) is 17.5. The van der Waals surface area contributed by atoms with E-state index in [1.165, 1.54) is 11.0 Å². The van der Waals surface area contributed by atoms with E-state index in [0.29, 0.717) is 18.1 Å². The Morgan fingerprint density at radius 2 is 1.89 bits per heavy atom. The quantitative estimate of drug-likeness (QED) is 0.556. The summed E-state index contributed by atoms with van der Waals surface area (Å²) in [5.74, 6) is 0.155. The maximum absolute atomic E-state index is 12.8. The maximum atomic E-state index is 12.8. The first kappa shape index (κ1) is 22.8. The summed E-state index contributed by atoms with van der Waals surface area (Å²) in [6.07, 6.45) is -4.40. The number of hydrogen-bond acceptors (Lipinski definition) is 3. The van der Waals surface area contributed by atoms with E-state index in [1.807, 2.05) is 13.8 Å². The molecule has 9 heteroatoms. The van der Waals surface area contributed by atoms with E-state index in [2.05, 4.69) is 15.6 Å². The number of hydrogen-bond donors (Lipinski definition) is 2. The average molecular weight is 388 g/mol.